The first kappa shape index (κ1) is 21.0. The van der Waals surface area contributed by atoms with E-state index in [-0.39, 0.29) is 5.41 Å². The maximum atomic E-state index is 4.07. The molecule has 0 aromatic heterocycles. The minimum Gasteiger partial charge on any atom is -0.310 e. The molecule has 1 nitrogen and oxygen atoms in total. The van der Waals surface area contributed by atoms with Crippen LogP contribution in [-0.2, 0) is 0 Å². The lowest BCUT2D eigenvalue weighted by Gasteiger charge is -2.62. The third kappa shape index (κ3) is 4.53. The van der Waals surface area contributed by atoms with Crippen LogP contribution in [0.25, 0.3) is 0 Å². The van der Waals surface area contributed by atoms with Crippen LogP contribution in [0.2, 0.25) is 0 Å². The lowest BCUT2D eigenvalue weighted by Crippen LogP contribution is -2.67. The van der Waals surface area contributed by atoms with Gasteiger partial charge in [-0.15, -0.1) is 0 Å². The zero-order chi connectivity index (χ0) is 18.6. The van der Waals surface area contributed by atoms with Crippen LogP contribution in [0.4, 0.5) is 0 Å². The van der Waals surface area contributed by atoms with Gasteiger partial charge in [0.2, 0.25) is 0 Å². The Balaban J connectivity index is 3.56. The quantitative estimate of drug-likeness (QED) is 0.545. The molecule has 1 N–H and O–H groups in total. The van der Waals surface area contributed by atoms with E-state index >= 15 is 0 Å². The summed E-state index contributed by atoms with van der Waals surface area (Å²) in [7, 11) is 0. The molecule has 1 fully saturated rings. The molecule has 0 radical (unpaired) electrons. The number of hydrogen-bond acceptors (Lipinski definition) is 1. The molecule has 1 aliphatic rings. The van der Waals surface area contributed by atoms with Crippen LogP contribution in [0.15, 0.2) is 0 Å². The van der Waals surface area contributed by atoms with Gasteiger partial charge in [-0.25, -0.2) is 0 Å². The fourth-order valence-electron chi connectivity index (χ4n) is 5.43. The van der Waals surface area contributed by atoms with Gasteiger partial charge in [-0.3, -0.25) is 0 Å². The van der Waals surface area contributed by atoms with Crippen molar-refractivity contribution in [1.29, 1.82) is 0 Å². The summed E-state index contributed by atoms with van der Waals surface area (Å²) in [6.45, 7) is 31.7. The van der Waals surface area contributed by atoms with Gasteiger partial charge >= 0.3 is 0 Å². The third-order valence-electron chi connectivity index (χ3n) is 6.05. The predicted molar refractivity (Wildman–Crippen MR) is 105 cm³/mol. The van der Waals surface area contributed by atoms with Gasteiger partial charge in [0.25, 0.3) is 0 Å². The van der Waals surface area contributed by atoms with E-state index in [0.717, 1.165) is 0 Å². The first-order valence-electron chi connectivity index (χ1n) is 9.64. The van der Waals surface area contributed by atoms with E-state index in [9.17, 15) is 0 Å². The number of nitrogens with one attached hydrogen (secondary N) is 1. The molecule has 0 aromatic carbocycles. The normalized spacial score (nSPS) is 34.6. The minimum absolute atomic E-state index is 0.276. The zero-order valence-electron chi connectivity index (χ0n) is 18.4. The van der Waals surface area contributed by atoms with Crippen LogP contribution in [0.5, 0.6) is 0 Å². The number of rotatable bonds is 0. The van der Waals surface area contributed by atoms with Gasteiger partial charge in [0.15, 0.2) is 0 Å². The molecule has 0 bridgehead atoms. The Hall–Kier alpha value is -0.0400. The topological polar surface area (TPSA) is 12.0 Å². The van der Waals surface area contributed by atoms with Crippen LogP contribution < -0.4 is 5.32 Å². The van der Waals surface area contributed by atoms with Crippen LogP contribution >= 0.6 is 0 Å². The highest BCUT2D eigenvalue weighted by atomic mass is 15.0. The van der Waals surface area contributed by atoms with Gasteiger partial charge in [-0.1, -0.05) is 83.1 Å². The molecule has 5 unspecified atom stereocenters. The van der Waals surface area contributed by atoms with Crippen molar-refractivity contribution in [3.63, 3.8) is 0 Å². The highest BCUT2D eigenvalue weighted by Gasteiger charge is 2.56. The van der Waals surface area contributed by atoms with E-state index in [0.29, 0.717) is 46.1 Å². The number of hydrogen-bond donors (Lipinski definition) is 1. The maximum absolute atomic E-state index is 4.07. The SMILES string of the molecule is CC1NC(C(C)(C)C)C(C(C)(C)C)C(C(C)(C)C)C1C(C)(C)C. The molecule has 1 aliphatic heterocycles. The number of piperidine rings is 1. The summed E-state index contributed by atoms with van der Waals surface area (Å²) in [5.41, 5.74) is 1.21. The largest absolute Gasteiger partial charge is 0.310 e. The summed E-state index contributed by atoms with van der Waals surface area (Å²) in [5.74, 6) is 2.07. The molecule has 1 rings (SSSR count). The molecule has 138 valence electrons. The van der Waals surface area contributed by atoms with Gasteiger partial charge in [0.1, 0.15) is 0 Å². The molecule has 0 amide bonds. The average Bonchev–Trinajstić information content (AvgIpc) is 2.21. The zero-order valence-corrected chi connectivity index (χ0v) is 18.4. The van der Waals surface area contributed by atoms with E-state index in [1.54, 1.807) is 0 Å². The van der Waals surface area contributed by atoms with E-state index in [1.807, 2.05) is 0 Å². The molecule has 1 heteroatoms. The molecule has 0 aromatic rings. The Labute approximate surface area is 147 Å². The van der Waals surface area contributed by atoms with Crippen LogP contribution in [-0.4, -0.2) is 12.1 Å². The molecule has 5 atom stereocenters. The van der Waals surface area contributed by atoms with E-state index in [4.69, 9.17) is 0 Å². The minimum atomic E-state index is 0.276. The lowest BCUT2D eigenvalue weighted by atomic mass is 9.48. The Morgan fingerprint density at radius 2 is 0.826 bits per heavy atom. The van der Waals surface area contributed by atoms with Gasteiger partial charge in [-0.05, 0) is 46.3 Å². The third-order valence-corrected chi connectivity index (χ3v) is 6.05. The standard InChI is InChI=1S/C22H45N/c1-14-15(19(2,3)4)16(20(5,6)7)17(21(8,9)10)18(23-14)22(11,12)13/h14-18,23H,1-13H3. The van der Waals surface area contributed by atoms with Crippen molar-refractivity contribution in [3.05, 3.63) is 0 Å². The predicted octanol–water partition coefficient (Wildman–Crippen LogP) is 6.38. The summed E-state index contributed by atoms with van der Waals surface area (Å²) in [6.07, 6.45) is 0. The summed E-state index contributed by atoms with van der Waals surface area (Å²) < 4.78 is 0. The average molecular weight is 324 g/mol. The highest BCUT2D eigenvalue weighted by Crippen LogP contribution is 2.56. The maximum Gasteiger partial charge on any atom is 0.0154 e. The van der Waals surface area contributed by atoms with Crippen molar-refractivity contribution in [2.45, 2.75) is 102 Å². The van der Waals surface area contributed by atoms with E-state index in [1.165, 1.54) is 0 Å². The summed E-state index contributed by atoms with van der Waals surface area (Å²) in [4.78, 5) is 0. The first-order chi connectivity index (χ1) is 9.88. The monoisotopic (exact) mass is 323 g/mol. The molecule has 1 saturated heterocycles. The van der Waals surface area contributed by atoms with Crippen LogP contribution in [0, 0.1) is 39.4 Å². The van der Waals surface area contributed by atoms with Gasteiger partial charge in [-0.2, -0.15) is 0 Å². The second-order valence-corrected chi connectivity index (χ2v) is 12.5. The summed E-state index contributed by atoms with van der Waals surface area (Å²) in [5, 5.41) is 4.07. The fourth-order valence-corrected chi connectivity index (χ4v) is 5.43. The van der Waals surface area contributed by atoms with Crippen LogP contribution in [0.3, 0.4) is 0 Å². The van der Waals surface area contributed by atoms with Crippen LogP contribution in [0.1, 0.15) is 90.0 Å². The van der Waals surface area contributed by atoms with Crippen molar-refractivity contribution in [2.24, 2.45) is 39.4 Å². The lowest BCUT2D eigenvalue weighted by molar-refractivity contribution is -0.104. The molecular weight excluding hydrogens is 278 g/mol. The van der Waals surface area contributed by atoms with Gasteiger partial charge < -0.3 is 5.32 Å². The molecule has 23 heavy (non-hydrogen) atoms. The highest BCUT2D eigenvalue weighted by molar-refractivity contribution is 5.08. The molecule has 0 saturated carbocycles. The second-order valence-electron chi connectivity index (χ2n) is 12.5. The van der Waals surface area contributed by atoms with E-state index in [2.05, 4.69) is 95.3 Å². The molecule has 1 heterocycles. The second kappa shape index (κ2) is 6.04. The van der Waals surface area contributed by atoms with Crippen molar-refractivity contribution >= 4 is 0 Å². The van der Waals surface area contributed by atoms with Crippen molar-refractivity contribution in [2.75, 3.05) is 0 Å². The summed E-state index contributed by atoms with van der Waals surface area (Å²) >= 11 is 0. The fraction of sp³-hybridized carbons (Fsp3) is 1.00. The van der Waals surface area contributed by atoms with Crippen molar-refractivity contribution in [3.8, 4) is 0 Å². The van der Waals surface area contributed by atoms with Crippen molar-refractivity contribution in [1.82, 2.24) is 5.32 Å². The van der Waals surface area contributed by atoms with E-state index < -0.39 is 0 Å². The molecule has 0 aliphatic carbocycles. The van der Waals surface area contributed by atoms with Crippen molar-refractivity contribution < 1.29 is 0 Å². The summed E-state index contributed by atoms with van der Waals surface area (Å²) in [6, 6.07) is 1.11. The van der Waals surface area contributed by atoms with Gasteiger partial charge in [0.05, 0.1) is 0 Å². The smallest absolute Gasteiger partial charge is 0.0154 e. The van der Waals surface area contributed by atoms with Gasteiger partial charge in [0, 0.05) is 12.1 Å². The molecule has 0 spiro atoms. The molecular formula is C22H45N. The Bertz CT molecular complexity index is 394. The Kier molecular flexibility index (Phi) is 5.52. The Morgan fingerprint density at radius 3 is 1.09 bits per heavy atom. The Morgan fingerprint density at radius 1 is 0.478 bits per heavy atom. The first-order valence-corrected chi connectivity index (χ1v) is 9.64.